The summed E-state index contributed by atoms with van der Waals surface area (Å²) < 4.78 is 5.21. The number of nitrogens with one attached hydrogen (secondary N) is 2. The molecule has 0 saturated heterocycles. The molecule has 5 aromatic rings. The van der Waals surface area contributed by atoms with Crippen LogP contribution < -0.4 is 26.8 Å². The molecular weight excluding hydrogens is 540 g/mol. The van der Waals surface area contributed by atoms with E-state index in [2.05, 4.69) is 20.6 Å². The van der Waals surface area contributed by atoms with Gasteiger partial charge in [-0.3, -0.25) is 14.6 Å². The highest BCUT2D eigenvalue weighted by atomic mass is 35.5. The number of para-hydroxylation sites is 4. The summed E-state index contributed by atoms with van der Waals surface area (Å²) in [5, 5.41) is 5.83. The van der Waals surface area contributed by atoms with Gasteiger partial charge in [0, 0.05) is 18.0 Å². The van der Waals surface area contributed by atoms with Crippen LogP contribution in [0.4, 0.5) is 22.7 Å². The molecule has 0 saturated carbocycles. The van der Waals surface area contributed by atoms with Crippen molar-refractivity contribution in [2.75, 3.05) is 29.2 Å². The van der Waals surface area contributed by atoms with Crippen LogP contribution in [-0.2, 0) is 0 Å². The van der Waals surface area contributed by atoms with Gasteiger partial charge in [0.2, 0.25) is 0 Å². The molecule has 6 N–H and O–H groups in total. The van der Waals surface area contributed by atoms with Crippen molar-refractivity contribution >= 4 is 46.2 Å². The standard InChI is InChI=1S/C19H17N3O2.C12H10ClN3O/c1-24-15-6-4-5-13(11-15)17-10-9-14(12-21-17)19(23)22-18-8-3-2-7-16(18)20;13-11-6-5-8(7-15-11)12(17)16-10-4-2-1-3-9(10)14/h2-12H,20H2,1H3,(H,22,23);1-7H,14H2,(H,16,17). The van der Waals surface area contributed by atoms with Gasteiger partial charge in [-0.25, -0.2) is 4.98 Å². The van der Waals surface area contributed by atoms with E-state index in [4.69, 9.17) is 27.8 Å². The summed E-state index contributed by atoms with van der Waals surface area (Å²) in [4.78, 5) is 32.3. The molecule has 0 radical (unpaired) electrons. The van der Waals surface area contributed by atoms with E-state index in [1.54, 1.807) is 74.0 Å². The van der Waals surface area contributed by atoms with Gasteiger partial charge in [-0.2, -0.15) is 0 Å². The second-order valence-electron chi connectivity index (χ2n) is 8.62. The Kier molecular flexibility index (Phi) is 9.48. The number of hydrogen-bond donors (Lipinski definition) is 4. The maximum atomic E-state index is 12.3. The zero-order valence-electron chi connectivity index (χ0n) is 22.0. The molecule has 0 bridgehead atoms. The number of nitrogens with two attached hydrogens (primary N) is 2. The van der Waals surface area contributed by atoms with E-state index in [0.717, 1.165) is 17.0 Å². The summed E-state index contributed by atoms with van der Waals surface area (Å²) in [6.45, 7) is 0. The third kappa shape index (κ3) is 7.81. The Balaban J connectivity index is 0.000000201. The fraction of sp³-hybridized carbons (Fsp3) is 0.0323. The van der Waals surface area contributed by atoms with E-state index in [1.807, 2.05) is 36.4 Å². The molecule has 3 aromatic carbocycles. The van der Waals surface area contributed by atoms with Gasteiger partial charge in [0.25, 0.3) is 11.8 Å². The van der Waals surface area contributed by atoms with Crippen molar-refractivity contribution < 1.29 is 14.3 Å². The van der Waals surface area contributed by atoms with Gasteiger partial charge in [-0.1, -0.05) is 48.0 Å². The van der Waals surface area contributed by atoms with E-state index in [-0.39, 0.29) is 11.8 Å². The summed E-state index contributed by atoms with van der Waals surface area (Å²) in [7, 11) is 1.62. The number of carbonyl (C=O) groups is 2. The minimum Gasteiger partial charge on any atom is -0.497 e. The van der Waals surface area contributed by atoms with Gasteiger partial charge in [0.1, 0.15) is 10.9 Å². The molecule has 2 heterocycles. The highest BCUT2D eigenvalue weighted by molar-refractivity contribution is 6.29. The Morgan fingerprint density at radius 3 is 1.76 bits per heavy atom. The number of pyridine rings is 2. The number of anilines is 4. The van der Waals surface area contributed by atoms with Gasteiger partial charge < -0.3 is 26.8 Å². The molecule has 0 aliphatic rings. The van der Waals surface area contributed by atoms with Crippen LogP contribution >= 0.6 is 11.6 Å². The number of amides is 2. The van der Waals surface area contributed by atoms with E-state index >= 15 is 0 Å². The molecule has 2 aromatic heterocycles. The number of rotatable bonds is 6. The van der Waals surface area contributed by atoms with Crippen LogP contribution in [0.1, 0.15) is 20.7 Å². The highest BCUT2D eigenvalue weighted by Gasteiger charge is 2.10. The zero-order chi connectivity index (χ0) is 29.2. The molecular formula is C31H27ClN6O3. The van der Waals surface area contributed by atoms with E-state index in [1.165, 1.54) is 6.20 Å². The highest BCUT2D eigenvalue weighted by Crippen LogP contribution is 2.23. The second kappa shape index (κ2) is 13.6. The van der Waals surface area contributed by atoms with Crippen molar-refractivity contribution in [3.05, 3.63) is 126 Å². The first-order valence-electron chi connectivity index (χ1n) is 12.4. The molecule has 41 heavy (non-hydrogen) atoms. The number of nitrogens with zero attached hydrogens (tertiary/aromatic N) is 2. The second-order valence-corrected chi connectivity index (χ2v) is 9.00. The van der Waals surface area contributed by atoms with Crippen molar-refractivity contribution in [1.82, 2.24) is 9.97 Å². The number of hydrogen-bond acceptors (Lipinski definition) is 7. The van der Waals surface area contributed by atoms with E-state index < -0.39 is 0 Å². The summed E-state index contributed by atoms with van der Waals surface area (Å²) >= 11 is 5.64. The lowest BCUT2D eigenvalue weighted by atomic mass is 10.1. The lowest BCUT2D eigenvalue weighted by Crippen LogP contribution is -2.13. The molecule has 5 rings (SSSR count). The number of halogens is 1. The summed E-state index contributed by atoms with van der Waals surface area (Å²) in [6, 6.07) is 28.5. The maximum absolute atomic E-state index is 12.3. The van der Waals surface area contributed by atoms with Crippen LogP contribution in [0, 0.1) is 0 Å². The monoisotopic (exact) mass is 566 g/mol. The van der Waals surface area contributed by atoms with Gasteiger partial charge >= 0.3 is 0 Å². The lowest BCUT2D eigenvalue weighted by molar-refractivity contribution is 0.101. The number of benzene rings is 3. The van der Waals surface area contributed by atoms with Gasteiger partial charge in [-0.05, 0) is 60.7 Å². The number of ether oxygens (including phenoxy) is 1. The molecule has 10 heteroatoms. The Hall–Kier alpha value is -5.41. The summed E-state index contributed by atoms with van der Waals surface area (Å²) in [5.74, 6) is 0.236. The van der Waals surface area contributed by atoms with Crippen molar-refractivity contribution in [3.8, 4) is 17.0 Å². The molecule has 0 aliphatic heterocycles. The largest absolute Gasteiger partial charge is 0.497 e. The van der Waals surface area contributed by atoms with E-state index in [9.17, 15) is 9.59 Å². The Labute approximate surface area is 242 Å². The van der Waals surface area contributed by atoms with Crippen LogP contribution in [0.5, 0.6) is 5.75 Å². The number of methoxy groups -OCH3 is 1. The van der Waals surface area contributed by atoms with Crippen LogP contribution in [0.25, 0.3) is 11.3 Å². The maximum Gasteiger partial charge on any atom is 0.257 e. The van der Waals surface area contributed by atoms with Crippen LogP contribution in [0.2, 0.25) is 5.15 Å². The molecule has 2 amide bonds. The fourth-order valence-corrected chi connectivity index (χ4v) is 3.71. The van der Waals surface area contributed by atoms with Crippen LogP contribution in [-0.4, -0.2) is 28.9 Å². The quantitative estimate of drug-likeness (QED) is 0.142. The first-order valence-corrected chi connectivity index (χ1v) is 12.8. The Morgan fingerprint density at radius 2 is 1.27 bits per heavy atom. The average Bonchev–Trinajstić information content (AvgIpc) is 3.00. The third-order valence-electron chi connectivity index (χ3n) is 5.80. The SMILES string of the molecule is COc1cccc(-c2ccc(C(=O)Nc3ccccc3N)cn2)c1.Nc1ccccc1NC(=O)c1ccc(Cl)nc1. The van der Waals surface area contributed by atoms with Gasteiger partial charge in [0.05, 0.1) is 46.7 Å². The lowest BCUT2D eigenvalue weighted by Gasteiger charge is -2.08. The molecule has 206 valence electrons. The van der Waals surface area contributed by atoms with Crippen molar-refractivity contribution in [1.29, 1.82) is 0 Å². The molecule has 0 spiro atoms. The average molecular weight is 567 g/mol. The number of nitrogen functional groups attached to an aromatic ring is 2. The minimum absolute atomic E-state index is 0.252. The molecule has 0 unspecified atom stereocenters. The van der Waals surface area contributed by atoms with Crippen molar-refractivity contribution in [2.45, 2.75) is 0 Å². The zero-order valence-corrected chi connectivity index (χ0v) is 22.8. The summed E-state index contributed by atoms with van der Waals surface area (Å²) in [6.07, 6.45) is 2.96. The van der Waals surface area contributed by atoms with Crippen molar-refractivity contribution in [2.24, 2.45) is 0 Å². The normalized spacial score (nSPS) is 10.1. The number of carbonyl (C=O) groups excluding carboxylic acids is 2. The Bertz CT molecular complexity index is 1640. The predicted molar refractivity (Wildman–Crippen MR) is 163 cm³/mol. The summed E-state index contributed by atoms with van der Waals surface area (Å²) in [5.41, 5.74) is 16.3. The van der Waals surface area contributed by atoms with Crippen LogP contribution in [0.3, 0.4) is 0 Å². The smallest absolute Gasteiger partial charge is 0.257 e. The molecule has 0 atom stereocenters. The van der Waals surface area contributed by atoms with Crippen LogP contribution in [0.15, 0.2) is 109 Å². The van der Waals surface area contributed by atoms with Crippen molar-refractivity contribution in [3.63, 3.8) is 0 Å². The molecule has 0 fully saturated rings. The van der Waals surface area contributed by atoms with E-state index in [0.29, 0.717) is 39.0 Å². The van der Waals surface area contributed by atoms with Gasteiger partial charge in [0.15, 0.2) is 0 Å². The predicted octanol–water partition coefficient (Wildman–Crippen LogP) is 6.16. The fourth-order valence-electron chi connectivity index (χ4n) is 3.60. The first-order chi connectivity index (χ1) is 19.8. The minimum atomic E-state index is -0.271. The Morgan fingerprint density at radius 1 is 0.707 bits per heavy atom. The topological polar surface area (TPSA) is 145 Å². The molecule has 0 aliphatic carbocycles. The first kappa shape index (κ1) is 28.6. The third-order valence-corrected chi connectivity index (χ3v) is 6.02. The van der Waals surface area contributed by atoms with Gasteiger partial charge in [-0.15, -0.1) is 0 Å². The number of aromatic nitrogens is 2. The molecule has 9 nitrogen and oxygen atoms in total.